The summed E-state index contributed by atoms with van der Waals surface area (Å²) in [7, 11) is 0. The smallest absolute Gasteiger partial charge is 0.219 e. The Morgan fingerprint density at radius 1 is 0.833 bits per heavy atom. The predicted molar refractivity (Wildman–Crippen MR) is 76.4 cm³/mol. The standard InChI is InChI=1S/C13H8Cl3NO/c14-10-3-1-9(2-4-10)8-17(18)13-6-11(15)5-12(16)7-13/h1-8H. The lowest BCUT2D eigenvalue weighted by Gasteiger charge is -2.04. The van der Waals surface area contributed by atoms with Crippen LogP contribution in [0.5, 0.6) is 0 Å². The Morgan fingerprint density at radius 2 is 1.39 bits per heavy atom. The van der Waals surface area contributed by atoms with Crippen molar-refractivity contribution < 1.29 is 4.74 Å². The zero-order valence-electron chi connectivity index (χ0n) is 9.11. The third-order valence-corrected chi connectivity index (χ3v) is 2.93. The molecule has 92 valence electrons. The molecule has 18 heavy (non-hydrogen) atoms. The molecule has 0 radical (unpaired) electrons. The molecule has 0 amide bonds. The molecule has 0 atom stereocenters. The van der Waals surface area contributed by atoms with Crippen molar-refractivity contribution in [2.75, 3.05) is 0 Å². The number of benzene rings is 2. The zero-order valence-corrected chi connectivity index (χ0v) is 11.4. The molecule has 0 aliphatic rings. The third kappa shape index (κ3) is 3.39. The van der Waals surface area contributed by atoms with Crippen LogP contribution in [0.25, 0.3) is 0 Å². The van der Waals surface area contributed by atoms with Crippen LogP contribution in [0.3, 0.4) is 0 Å². The van der Waals surface area contributed by atoms with E-state index in [0.29, 0.717) is 25.5 Å². The Balaban J connectivity index is 2.35. The normalized spacial score (nSPS) is 11.6. The molecule has 5 heteroatoms. The SMILES string of the molecule is [O-][N+](=Cc1ccc(Cl)cc1)c1cc(Cl)cc(Cl)c1. The largest absolute Gasteiger partial charge is 0.618 e. The molecule has 0 saturated heterocycles. The number of halogens is 3. The van der Waals surface area contributed by atoms with Crippen molar-refractivity contribution >= 4 is 46.7 Å². The van der Waals surface area contributed by atoms with Crippen LogP contribution in [-0.4, -0.2) is 11.0 Å². The molecular formula is C13H8Cl3NO. The van der Waals surface area contributed by atoms with E-state index in [1.807, 2.05) is 0 Å². The summed E-state index contributed by atoms with van der Waals surface area (Å²) in [4.78, 5) is 0. The molecule has 0 N–H and O–H groups in total. The highest BCUT2D eigenvalue weighted by molar-refractivity contribution is 6.35. The van der Waals surface area contributed by atoms with E-state index in [9.17, 15) is 5.21 Å². The van der Waals surface area contributed by atoms with Gasteiger partial charge in [-0.05, 0) is 30.3 Å². The van der Waals surface area contributed by atoms with E-state index in [0.717, 1.165) is 5.56 Å². The Labute approximate surface area is 120 Å². The van der Waals surface area contributed by atoms with Crippen molar-refractivity contribution in [2.45, 2.75) is 0 Å². The van der Waals surface area contributed by atoms with Crippen LogP contribution in [0.15, 0.2) is 42.5 Å². The number of rotatable bonds is 2. The van der Waals surface area contributed by atoms with Gasteiger partial charge in [-0.2, -0.15) is 4.74 Å². The summed E-state index contributed by atoms with van der Waals surface area (Å²) in [6, 6.07) is 11.6. The monoisotopic (exact) mass is 299 g/mol. The Morgan fingerprint density at radius 3 is 1.94 bits per heavy atom. The Bertz CT molecular complexity index is 573. The van der Waals surface area contributed by atoms with Gasteiger partial charge in [-0.25, -0.2) is 0 Å². The van der Waals surface area contributed by atoms with Crippen LogP contribution in [0.4, 0.5) is 5.69 Å². The van der Waals surface area contributed by atoms with E-state index in [4.69, 9.17) is 34.8 Å². The minimum Gasteiger partial charge on any atom is -0.618 e. The first-order valence-electron chi connectivity index (χ1n) is 5.07. The average molecular weight is 301 g/mol. The minimum absolute atomic E-state index is 0.377. The van der Waals surface area contributed by atoms with Crippen LogP contribution in [-0.2, 0) is 0 Å². The first-order chi connectivity index (χ1) is 8.54. The summed E-state index contributed by atoms with van der Waals surface area (Å²) in [5.74, 6) is 0. The summed E-state index contributed by atoms with van der Waals surface area (Å²) in [6.07, 6.45) is 1.43. The Kier molecular flexibility index (Phi) is 4.12. The van der Waals surface area contributed by atoms with Crippen molar-refractivity contribution in [3.05, 3.63) is 68.3 Å². The molecule has 2 nitrogen and oxygen atoms in total. The molecule has 0 aliphatic heterocycles. The van der Waals surface area contributed by atoms with Gasteiger partial charge in [-0.15, -0.1) is 0 Å². The van der Waals surface area contributed by atoms with E-state index in [-0.39, 0.29) is 0 Å². The maximum atomic E-state index is 11.9. The minimum atomic E-state index is 0.377. The van der Waals surface area contributed by atoms with E-state index in [2.05, 4.69) is 0 Å². The third-order valence-electron chi connectivity index (χ3n) is 2.24. The van der Waals surface area contributed by atoms with Crippen LogP contribution < -0.4 is 0 Å². The number of hydrogen-bond donors (Lipinski definition) is 0. The topological polar surface area (TPSA) is 26.1 Å². The van der Waals surface area contributed by atoms with Gasteiger partial charge in [-0.3, -0.25) is 0 Å². The van der Waals surface area contributed by atoms with Gasteiger partial charge >= 0.3 is 0 Å². The van der Waals surface area contributed by atoms with Gasteiger partial charge < -0.3 is 5.21 Å². The fraction of sp³-hybridized carbons (Fsp3) is 0. The van der Waals surface area contributed by atoms with Gasteiger partial charge in [0.15, 0.2) is 6.21 Å². The molecule has 2 aromatic rings. The predicted octanol–water partition coefficient (Wildman–Crippen LogP) is 4.91. The van der Waals surface area contributed by atoms with Gasteiger partial charge in [0.2, 0.25) is 5.69 Å². The molecule has 2 rings (SSSR count). The maximum Gasteiger partial charge on any atom is 0.219 e. The second-order valence-corrected chi connectivity index (χ2v) is 4.94. The van der Waals surface area contributed by atoms with E-state index >= 15 is 0 Å². The van der Waals surface area contributed by atoms with E-state index in [1.165, 1.54) is 6.21 Å². The fourth-order valence-electron chi connectivity index (χ4n) is 1.43. The molecule has 0 fully saturated rings. The molecular weight excluding hydrogens is 293 g/mol. The zero-order chi connectivity index (χ0) is 13.1. The molecule has 0 heterocycles. The highest BCUT2D eigenvalue weighted by Gasteiger charge is 2.05. The van der Waals surface area contributed by atoms with Gasteiger partial charge in [0.25, 0.3) is 0 Å². The quantitative estimate of drug-likeness (QED) is 0.335. The summed E-state index contributed by atoms with van der Waals surface area (Å²) in [6.45, 7) is 0. The lowest BCUT2D eigenvalue weighted by atomic mass is 10.2. The van der Waals surface area contributed by atoms with Gasteiger partial charge in [0.05, 0.1) is 0 Å². The average Bonchev–Trinajstić information content (AvgIpc) is 2.31. The molecule has 0 unspecified atom stereocenters. The van der Waals surface area contributed by atoms with Crippen LogP contribution in [0, 0.1) is 5.21 Å². The van der Waals surface area contributed by atoms with Crippen LogP contribution >= 0.6 is 34.8 Å². The fourth-order valence-corrected chi connectivity index (χ4v) is 2.07. The van der Waals surface area contributed by atoms with Crippen molar-refractivity contribution in [3.8, 4) is 0 Å². The Hall–Kier alpha value is -1.22. The maximum absolute atomic E-state index is 11.9. The van der Waals surface area contributed by atoms with E-state index < -0.39 is 0 Å². The highest BCUT2D eigenvalue weighted by atomic mass is 35.5. The lowest BCUT2D eigenvalue weighted by Crippen LogP contribution is -1.98. The summed E-state index contributed by atoms with van der Waals surface area (Å²) >= 11 is 17.4. The first kappa shape index (κ1) is 13.2. The molecule has 0 bridgehead atoms. The molecule has 0 aromatic heterocycles. The van der Waals surface area contributed by atoms with Crippen LogP contribution in [0.2, 0.25) is 15.1 Å². The van der Waals surface area contributed by atoms with Crippen LogP contribution in [0.1, 0.15) is 5.56 Å². The molecule has 2 aromatic carbocycles. The summed E-state index contributed by atoms with van der Waals surface area (Å²) < 4.78 is 0.709. The molecule has 0 aliphatic carbocycles. The molecule has 0 saturated carbocycles. The summed E-state index contributed by atoms with van der Waals surface area (Å²) in [5.41, 5.74) is 1.12. The lowest BCUT2D eigenvalue weighted by molar-refractivity contribution is -0.354. The number of hydrogen-bond acceptors (Lipinski definition) is 1. The van der Waals surface area contributed by atoms with Crippen molar-refractivity contribution in [3.63, 3.8) is 0 Å². The van der Waals surface area contributed by atoms with Gasteiger partial charge in [0, 0.05) is 32.8 Å². The van der Waals surface area contributed by atoms with Crippen molar-refractivity contribution in [2.24, 2.45) is 0 Å². The summed E-state index contributed by atoms with van der Waals surface area (Å²) in [5, 5.41) is 13.4. The second-order valence-electron chi connectivity index (χ2n) is 3.63. The number of nitrogens with zero attached hydrogens (tertiary/aromatic N) is 1. The molecule has 0 spiro atoms. The van der Waals surface area contributed by atoms with E-state index in [1.54, 1.807) is 42.5 Å². The second kappa shape index (κ2) is 5.61. The van der Waals surface area contributed by atoms with Crippen molar-refractivity contribution in [1.82, 2.24) is 0 Å². The highest BCUT2D eigenvalue weighted by Crippen LogP contribution is 2.24. The van der Waals surface area contributed by atoms with Gasteiger partial charge in [0.1, 0.15) is 0 Å². The first-order valence-corrected chi connectivity index (χ1v) is 6.21. The van der Waals surface area contributed by atoms with Crippen molar-refractivity contribution in [1.29, 1.82) is 0 Å². The van der Waals surface area contributed by atoms with Gasteiger partial charge in [-0.1, -0.05) is 34.8 Å².